The summed E-state index contributed by atoms with van der Waals surface area (Å²) in [7, 11) is 1.77. The Morgan fingerprint density at radius 1 is 1.35 bits per heavy atom. The van der Waals surface area contributed by atoms with Crippen molar-refractivity contribution in [2.45, 2.75) is 6.92 Å². The quantitative estimate of drug-likeness (QED) is 0.672. The van der Waals surface area contributed by atoms with Crippen LogP contribution in [-0.2, 0) is 11.8 Å². The van der Waals surface area contributed by atoms with E-state index < -0.39 is 5.97 Å². The maximum absolute atomic E-state index is 12.5. The van der Waals surface area contributed by atoms with Crippen LogP contribution in [0.4, 0.5) is 0 Å². The fraction of sp³-hybridized carbons (Fsp3) is 0.200. The van der Waals surface area contributed by atoms with Gasteiger partial charge in [-0.3, -0.25) is 4.79 Å². The zero-order chi connectivity index (χ0) is 14.3. The number of nitrogens with zero attached hydrogens (tertiary/aromatic N) is 1. The number of carbonyl (C=O) groups excluding carboxylic acids is 1. The molecule has 5 heteroatoms. The number of fused-ring (bicyclic) bond motifs is 3. The van der Waals surface area contributed by atoms with Crippen LogP contribution >= 0.6 is 0 Å². The summed E-state index contributed by atoms with van der Waals surface area (Å²) in [6.45, 7) is 1.90. The normalized spacial score (nSPS) is 11.1. The van der Waals surface area contributed by atoms with Crippen molar-refractivity contribution in [1.82, 2.24) is 4.57 Å². The minimum absolute atomic E-state index is 0.0785. The topological polar surface area (TPSA) is 61.4 Å². The lowest BCUT2D eigenvalue weighted by Crippen LogP contribution is -2.18. The molecule has 5 nitrogen and oxygen atoms in total. The second-order valence-electron chi connectivity index (χ2n) is 4.45. The number of benzene rings is 1. The predicted octanol–water partition coefficient (Wildman–Crippen LogP) is 2.46. The molecule has 20 heavy (non-hydrogen) atoms. The molecule has 0 atom stereocenters. The third kappa shape index (κ3) is 1.63. The van der Waals surface area contributed by atoms with Gasteiger partial charge in [0.1, 0.15) is 17.3 Å². The van der Waals surface area contributed by atoms with Gasteiger partial charge in [0.15, 0.2) is 5.58 Å². The third-order valence-corrected chi connectivity index (χ3v) is 3.31. The molecule has 0 spiro atoms. The molecule has 0 N–H and O–H groups in total. The number of rotatable bonds is 2. The van der Waals surface area contributed by atoms with Crippen LogP contribution in [0, 0.1) is 0 Å². The minimum atomic E-state index is -0.659. The second kappa shape index (κ2) is 4.52. The molecule has 0 fully saturated rings. The van der Waals surface area contributed by atoms with Gasteiger partial charge in [-0.15, -0.1) is 0 Å². The van der Waals surface area contributed by atoms with E-state index >= 15 is 0 Å². The van der Waals surface area contributed by atoms with Crippen LogP contribution in [0.2, 0.25) is 0 Å². The predicted molar refractivity (Wildman–Crippen MR) is 74.9 cm³/mol. The largest absolute Gasteiger partial charge is 0.462 e. The summed E-state index contributed by atoms with van der Waals surface area (Å²) in [5.74, 6) is -0.659. The van der Waals surface area contributed by atoms with Crippen molar-refractivity contribution >= 4 is 28.0 Å². The number of aromatic nitrogens is 1. The van der Waals surface area contributed by atoms with Crippen LogP contribution in [0.1, 0.15) is 17.3 Å². The average molecular weight is 271 g/mol. The molecule has 0 bridgehead atoms. The molecule has 2 heterocycles. The van der Waals surface area contributed by atoms with Crippen molar-refractivity contribution in [3.63, 3.8) is 0 Å². The van der Waals surface area contributed by atoms with Crippen molar-refractivity contribution in [2.24, 2.45) is 7.05 Å². The van der Waals surface area contributed by atoms with Crippen molar-refractivity contribution in [1.29, 1.82) is 0 Å². The monoisotopic (exact) mass is 271 g/mol. The number of para-hydroxylation sites is 1. The van der Waals surface area contributed by atoms with Gasteiger partial charge < -0.3 is 13.7 Å². The summed E-state index contributed by atoms with van der Waals surface area (Å²) in [6, 6.07) is 7.54. The summed E-state index contributed by atoms with van der Waals surface area (Å²) >= 11 is 0. The number of ether oxygens (including phenoxy) is 1. The van der Waals surface area contributed by atoms with Gasteiger partial charge in [0, 0.05) is 12.4 Å². The molecule has 0 aliphatic carbocycles. The highest BCUT2D eigenvalue weighted by molar-refractivity contribution is 6.05. The summed E-state index contributed by atoms with van der Waals surface area (Å²) < 4.78 is 12.1. The SMILES string of the molecule is CCOC(=O)c1coc2c3ccccc3n(C)c2c1=O. The maximum atomic E-state index is 12.5. The number of carbonyl (C=O) groups is 1. The number of esters is 1. The Morgan fingerprint density at radius 3 is 2.85 bits per heavy atom. The molecule has 0 amide bonds. The minimum Gasteiger partial charge on any atom is -0.462 e. The molecule has 0 unspecified atom stereocenters. The van der Waals surface area contributed by atoms with Gasteiger partial charge in [0.2, 0.25) is 5.43 Å². The molecular formula is C15H13NO4. The Morgan fingerprint density at radius 2 is 2.10 bits per heavy atom. The highest BCUT2D eigenvalue weighted by atomic mass is 16.5. The van der Waals surface area contributed by atoms with E-state index in [2.05, 4.69) is 0 Å². The lowest BCUT2D eigenvalue weighted by Gasteiger charge is -2.01. The van der Waals surface area contributed by atoms with E-state index in [0.29, 0.717) is 11.1 Å². The number of aryl methyl sites for hydroxylation is 1. The van der Waals surface area contributed by atoms with Crippen LogP contribution in [0.3, 0.4) is 0 Å². The molecule has 3 aromatic rings. The molecule has 0 saturated heterocycles. The number of hydrogen-bond acceptors (Lipinski definition) is 4. The first-order valence-electron chi connectivity index (χ1n) is 6.31. The molecule has 0 saturated carbocycles. The van der Waals surface area contributed by atoms with Gasteiger partial charge in [-0.05, 0) is 19.1 Å². The first-order chi connectivity index (χ1) is 9.65. The van der Waals surface area contributed by atoms with E-state index in [1.807, 2.05) is 24.3 Å². The Bertz CT molecular complexity index is 873. The van der Waals surface area contributed by atoms with E-state index in [1.165, 1.54) is 6.26 Å². The van der Waals surface area contributed by atoms with E-state index in [9.17, 15) is 9.59 Å². The standard InChI is InChI=1S/C15H13NO4/c1-3-19-15(18)10-8-20-14-9-6-4-5-7-11(9)16(2)12(14)13(10)17/h4-8H,3H2,1-2H3. The zero-order valence-electron chi connectivity index (χ0n) is 11.2. The smallest absolute Gasteiger partial charge is 0.345 e. The molecule has 102 valence electrons. The lowest BCUT2D eigenvalue weighted by atomic mass is 10.2. The van der Waals surface area contributed by atoms with Gasteiger partial charge in [-0.2, -0.15) is 0 Å². The van der Waals surface area contributed by atoms with Gasteiger partial charge >= 0.3 is 5.97 Å². The first kappa shape index (κ1) is 12.5. The summed E-state index contributed by atoms with van der Waals surface area (Å²) in [5, 5.41) is 0.845. The summed E-state index contributed by atoms with van der Waals surface area (Å²) in [6.07, 6.45) is 1.18. The van der Waals surface area contributed by atoms with Gasteiger partial charge in [0.25, 0.3) is 0 Å². The third-order valence-electron chi connectivity index (χ3n) is 3.31. The van der Waals surface area contributed by atoms with E-state index in [1.54, 1.807) is 18.5 Å². The van der Waals surface area contributed by atoms with Crippen molar-refractivity contribution in [3.05, 3.63) is 46.3 Å². The van der Waals surface area contributed by atoms with E-state index in [-0.39, 0.29) is 17.6 Å². The van der Waals surface area contributed by atoms with Crippen LogP contribution in [0.25, 0.3) is 22.0 Å². The summed E-state index contributed by atoms with van der Waals surface area (Å²) in [5.41, 5.74) is 1.29. The van der Waals surface area contributed by atoms with Gasteiger partial charge in [0.05, 0.1) is 12.1 Å². The molecule has 3 rings (SSSR count). The van der Waals surface area contributed by atoms with Crippen LogP contribution < -0.4 is 5.43 Å². The van der Waals surface area contributed by atoms with Crippen LogP contribution in [0.15, 0.2) is 39.7 Å². The fourth-order valence-corrected chi connectivity index (χ4v) is 2.38. The first-order valence-corrected chi connectivity index (χ1v) is 6.31. The number of hydrogen-bond donors (Lipinski definition) is 0. The zero-order valence-corrected chi connectivity index (χ0v) is 11.2. The van der Waals surface area contributed by atoms with Crippen molar-refractivity contribution in [2.75, 3.05) is 6.61 Å². The van der Waals surface area contributed by atoms with Gasteiger partial charge in [-0.25, -0.2) is 4.79 Å². The fourth-order valence-electron chi connectivity index (χ4n) is 2.38. The molecule has 0 aliphatic rings. The maximum Gasteiger partial charge on any atom is 0.345 e. The Labute approximate surface area is 114 Å². The van der Waals surface area contributed by atoms with Crippen molar-refractivity contribution < 1.29 is 13.9 Å². The van der Waals surface area contributed by atoms with Crippen molar-refractivity contribution in [3.8, 4) is 0 Å². The second-order valence-corrected chi connectivity index (χ2v) is 4.45. The van der Waals surface area contributed by atoms with Crippen LogP contribution in [0.5, 0.6) is 0 Å². The average Bonchev–Trinajstić information content (AvgIpc) is 2.74. The molecule has 1 aromatic carbocycles. The Kier molecular flexibility index (Phi) is 2.82. The molecule has 2 aromatic heterocycles. The lowest BCUT2D eigenvalue weighted by molar-refractivity contribution is 0.0522. The Balaban J connectivity index is 2.39. The van der Waals surface area contributed by atoms with E-state index in [4.69, 9.17) is 9.15 Å². The Hall–Kier alpha value is -2.56. The molecule has 0 radical (unpaired) electrons. The molecule has 0 aliphatic heterocycles. The molecular weight excluding hydrogens is 258 g/mol. The van der Waals surface area contributed by atoms with Gasteiger partial charge in [-0.1, -0.05) is 12.1 Å². The van der Waals surface area contributed by atoms with Crippen LogP contribution in [-0.4, -0.2) is 17.1 Å². The van der Waals surface area contributed by atoms with E-state index in [0.717, 1.165) is 10.9 Å². The summed E-state index contributed by atoms with van der Waals surface area (Å²) in [4.78, 5) is 24.2. The highest BCUT2D eigenvalue weighted by Crippen LogP contribution is 2.26. The highest BCUT2D eigenvalue weighted by Gasteiger charge is 2.20.